The molecule has 0 heterocycles. The van der Waals surface area contributed by atoms with Gasteiger partial charge in [-0.15, -0.1) is 0 Å². The fourth-order valence-corrected chi connectivity index (χ4v) is 1.80. The summed E-state index contributed by atoms with van der Waals surface area (Å²) in [6, 6.07) is 11.1. The maximum absolute atomic E-state index is 13.2. The Labute approximate surface area is 122 Å². The average Bonchev–Trinajstić information content (AvgIpc) is 2.49. The molecule has 0 radical (unpaired) electrons. The summed E-state index contributed by atoms with van der Waals surface area (Å²) < 4.78 is 18.1. The number of phenols is 1. The lowest BCUT2D eigenvalue weighted by Gasteiger charge is -2.08. The smallest absolute Gasteiger partial charge is 0.338 e. The number of hydrogen-bond acceptors (Lipinski definition) is 4. The minimum Gasteiger partial charge on any atom is -0.505 e. The van der Waals surface area contributed by atoms with Crippen LogP contribution in [0, 0.1) is 5.82 Å². The number of halogens is 1. The first-order valence-electron chi connectivity index (χ1n) is 6.58. The van der Waals surface area contributed by atoms with E-state index in [1.54, 1.807) is 37.3 Å². The number of carbonyl (C=O) groups excluding carboxylic acids is 1. The number of hydrogen-bond donors (Lipinski definition) is 2. The Morgan fingerprint density at radius 2 is 1.95 bits per heavy atom. The molecular formula is C16H16FNO3. The fraction of sp³-hybridized carbons (Fsp3) is 0.188. The highest BCUT2D eigenvalue weighted by atomic mass is 19.1. The summed E-state index contributed by atoms with van der Waals surface area (Å²) in [5.41, 5.74) is 1.99. The number of nitrogens with one attached hydrogen (secondary N) is 1. The molecule has 0 fully saturated rings. The van der Waals surface area contributed by atoms with Gasteiger partial charge in [0.05, 0.1) is 12.2 Å². The van der Waals surface area contributed by atoms with Gasteiger partial charge in [-0.3, -0.25) is 0 Å². The standard InChI is InChI=1S/C16H16FNO3/c1-2-21-16(20)12-4-6-13(7-5-12)18-10-11-3-8-15(19)14(17)9-11/h3-9,18-19H,2,10H2,1H3. The van der Waals surface area contributed by atoms with Crippen molar-refractivity contribution in [2.75, 3.05) is 11.9 Å². The van der Waals surface area contributed by atoms with Crippen LogP contribution in [0.2, 0.25) is 0 Å². The van der Waals surface area contributed by atoms with Gasteiger partial charge in [0.25, 0.3) is 0 Å². The quantitative estimate of drug-likeness (QED) is 0.829. The van der Waals surface area contributed by atoms with E-state index >= 15 is 0 Å². The lowest BCUT2D eigenvalue weighted by molar-refractivity contribution is 0.0526. The van der Waals surface area contributed by atoms with Crippen molar-refractivity contribution in [3.8, 4) is 5.75 Å². The van der Waals surface area contributed by atoms with E-state index in [9.17, 15) is 9.18 Å². The topological polar surface area (TPSA) is 58.6 Å². The maximum Gasteiger partial charge on any atom is 0.338 e. The molecule has 0 atom stereocenters. The van der Waals surface area contributed by atoms with E-state index in [4.69, 9.17) is 9.84 Å². The Morgan fingerprint density at radius 3 is 2.57 bits per heavy atom. The van der Waals surface area contributed by atoms with E-state index in [0.717, 1.165) is 5.69 Å². The molecule has 21 heavy (non-hydrogen) atoms. The molecular weight excluding hydrogens is 273 g/mol. The third-order valence-corrected chi connectivity index (χ3v) is 2.90. The van der Waals surface area contributed by atoms with Crippen LogP contribution in [0.3, 0.4) is 0 Å². The molecule has 0 aliphatic heterocycles. The molecule has 0 aliphatic carbocycles. The van der Waals surface area contributed by atoms with E-state index in [2.05, 4.69) is 5.32 Å². The third kappa shape index (κ3) is 3.95. The van der Waals surface area contributed by atoms with Gasteiger partial charge in [0.15, 0.2) is 11.6 Å². The molecule has 0 unspecified atom stereocenters. The minimum atomic E-state index is -0.646. The summed E-state index contributed by atoms with van der Waals surface area (Å²) in [5, 5.41) is 12.2. The summed E-state index contributed by atoms with van der Waals surface area (Å²) in [6.07, 6.45) is 0. The number of phenolic OH excluding ortho intramolecular Hbond substituents is 1. The Hall–Kier alpha value is -2.56. The van der Waals surface area contributed by atoms with Gasteiger partial charge in [0.1, 0.15) is 0 Å². The molecule has 0 saturated heterocycles. The van der Waals surface area contributed by atoms with Gasteiger partial charge in [-0.2, -0.15) is 0 Å². The van der Waals surface area contributed by atoms with Gasteiger partial charge in [0.2, 0.25) is 0 Å². The van der Waals surface area contributed by atoms with Crippen molar-refractivity contribution in [1.82, 2.24) is 0 Å². The van der Waals surface area contributed by atoms with Crippen molar-refractivity contribution in [3.05, 3.63) is 59.4 Å². The van der Waals surface area contributed by atoms with Crippen LogP contribution in [0.15, 0.2) is 42.5 Å². The molecule has 4 nitrogen and oxygen atoms in total. The highest BCUT2D eigenvalue weighted by Crippen LogP contribution is 2.17. The van der Waals surface area contributed by atoms with Crippen LogP contribution in [0.1, 0.15) is 22.8 Å². The average molecular weight is 289 g/mol. The Balaban J connectivity index is 1.97. The SMILES string of the molecule is CCOC(=O)c1ccc(NCc2ccc(O)c(F)c2)cc1. The maximum atomic E-state index is 13.2. The second-order valence-corrected chi connectivity index (χ2v) is 4.44. The zero-order chi connectivity index (χ0) is 15.2. The molecule has 0 bridgehead atoms. The summed E-state index contributed by atoms with van der Waals surface area (Å²) in [4.78, 5) is 11.5. The van der Waals surface area contributed by atoms with Crippen LogP contribution in [0.5, 0.6) is 5.75 Å². The molecule has 0 spiro atoms. The monoisotopic (exact) mass is 289 g/mol. The van der Waals surface area contributed by atoms with Crippen molar-refractivity contribution < 1.29 is 19.0 Å². The van der Waals surface area contributed by atoms with E-state index in [0.29, 0.717) is 24.3 Å². The Kier molecular flexibility index (Phi) is 4.77. The van der Waals surface area contributed by atoms with Crippen LogP contribution in [0.4, 0.5) is 10.1 Å². The highest BCUT2D eigenvalue weighted by molar-refractivity contribution is 5.89. The number of esters is 1. The number of benzene rings is 2. The first-order chi connectivity index (χ1) is 10.1. The number of carbonyl (C=O) groups is 1. The first-order valence-corrected chi connectivity index (χ1v) is 6.58. The van der Waals surface area contributed by atoms with Crippen LogP contribution >= 0.6 is 0 Å². The van der Waals surface area contributed by atoms with Crippen LogP contribution in [-0.2, 0) is 11.3 Å². The lowest BCUT2D eigenvalue weighted by atomic mass is 10.2. The second-order valence-electron chi connectivity index (χ2n) is 4.44. The molecule has 5 heteroatoms. The van der Waals surface area contributed by atoms with Crippen molar-refractivity contribution in [2.24, 2.45) is 0 Å². The third-order valence-electron chi connectivity index (χ3n) is 2.90. The van der Waals surface area contributed by atoms with Crippen molar-refractivity contribution in [1.29, 1.82) is 0 Å². The number of aromatic hydroxyl groups is 1. The largest absolute Gasteiger partial charge is 0.505 e. The molecule has 2 aromatic carbocycles. The highest BCUT2D eigenvalue weighted by Gasteiger charge is 2.06. The molecule has 0 amide bonds. The van der Waals surface area contributed by atoms with Gasteiger partial charge < -0.3 is 15.2 Å². The normalized spacial score (nSPS) is 10.2. The summed E-state index contributed by atoms with van der Waals surface area (Å²) >= 11 is 0. The molecule has 0 saturated carbocycles. The van der Waals surface area contributed by atoms with E-state index in [1.807, 2.05) is 0 Å². The minimum absolute atomic E-state index is 0.339. The zero-order valence-electron chi connectivity index (χ0n) is 11.6. The molecule has 0 aromatic heterocycles. The van der Waals surface area contributed by atoms with E-state index < -0.39 is 5.82 Å². The van der Waals surface area contributed by atoms with Gasteiger partial charge in [-0.1, -0.05) is 6.07 Å². The number of rotatable bonds is 5. The summed E-state index contributed by atoms with van der Waals surface area (Å²) in [6.45, 7) is 2.51. The Morgan fingerprint density at radius 1 is 1.24 bits per heavy atom. The molecule has 2 N–H and O–H groups in total. The second kappa shape index (κ2) is 6.74. The van der Waals surface area contributed by atoms with Gasteiger partial charge in [-0.05, 0) is 48.9 Å². The summed E-state index contributed by atoms with van der Waals surface area (Å²) in [7, 11) is 0. The fourth-order valence-electron chi connectivity index (χ4n) is 1.80. The van der Waals surface area contributed by atoms with Crippen LogP contribution in [0.25, 0.3) is 0 Å². The van der Waals surface area contributed by atoms with Gasteiger partial charge in [0, 0.05) is 12.2 Å². The lowest BCUT2D eigenvalue weighted by Crippen LogP contribution is -2.05. The Bertz CT molecular complexity index is 626. The molecule has 0 aliphatic rings. The molecule has 2 rings (SSSR count). The van der Waals surface area contributed by atoms with E-state index in [1.165, 1.54) is 12.1 Å². The molecule has 2 aromatic rings. The van der Waals surface area contributed by atoms with E-state index in [-0.39, 0.29) is 11.7 Å². The number of ether oxygens (including phenoxy) is 1. The van der Waals surface area contributed by atoms with Crippen molar-refractivity contribution in [2.45, 2.75) is 13.5 Å². The zero-order valence-corrected chi connectivity index (χ0v) is 11.6. The van der Waals surface area contributed by atoms with Crippen molar-refractivity contribution >= 4 is 11.7 Å². The van der Waals surface area contributed by atoms with Gasteiger partial charge >= 0.3 is 5.97 Å². The predicted molar refractivity (Wildman–Crippen MR) is 77.8 cm³/mol. The number of anilines is 1. The molecule has 110 valence electrons. The van der Waals surface area contributed by atoms with Gasteiger partial charge in [-0.25, -0.2) is 9.18 Å². The predicted octanol–water partition coefficient (Wildman–Crippen LogP) is 3.32. The first kappa shape index (κ1) is 14.8. The van der Waals surface area contributed by atoms with Crippen LogP contribution in [-0.4, -0.2) is 17.7 Å². The van der Waals surface area contributed by atoms with Crippen LogP contribution < -0.4 is 5.32 Å². The van der Waals surface area contributed by atoms with Crippen molar-refractivity contribution in [3.63, 3.8) is 0 Å². The summed E-state index contributed by atoms with van der Waals surface area (Å²) in [5.74, 6) is -1.37.